The van der Waals surface area contributed by atoms with Gasteiger partial charge in [-0.2, -0.15) is 0 Å². The maximum Gasteiger partial charge on any atom is 0.410 e. The second-order valence-electron chi connectivity index (χ2n) is 10.4. The normalized spacial score (nSPS) is 26.2. The van der Waals surface area contributed by atoms with Gasteiger partial charge in [-0.15, -0.1) is 0 Å². The lowest BCUT2D eigenvalue weighted by Crippen LogP contribution is -2.59. The quantitative estimate of drug-likeness (QED) is 0.657. The van der Waals surface area contributed by atoms with Crippen LogP contribution in [-0.2, 0) is 22.4 Å². The fraction of sp³-hybridized carbons (Fsp3) is 0.667. The zero-order valence-corrected chi connectivity index (χ0v) is 19.0. The van der Waals surface area contributed by atoms with Crippen LogP contribution in [0.2, 0.25) is 0 Å². The van der Waals surface area contributed by atoms with E-state index in [9.17, 15) is 14.0 Å². The number of hydrogen-bond acceptors (Lipinski definition) is 5. The van der Waals surface area contributed by atoms with Crippen molar-refractivity contribution < 1.29 is 23.5 Å². The lowest BCUT2D eigenvalue weighted by atomic mass is 9.61. The van der Waals surface area contributed by atoms with Crippen LogP contribution in [0.3, 0.4) is 0 Å². The van der Waals surface area contributed by atoms with Crippen LogP contribution in [-0.4, -0.2) is 60.2 Å². The lowest BCUT2D eigenvalue weighted by molar-refractivity contribution is -0.0598. The van der Waals surface area contributed by atoms with E-state index >= 15 is 0 Å². The molecule has 2 fully saturated rings. The van der Waals surface area contributed by atoms with E-state index in [4.69, 9.17) is 9.47 Å². The van der Waals surface area contributed by atoms with E-state index in [2.05, 4.69) is 4.90 Å². The molecule has 31 heavy (non-hydrogen) atoms. The molecule has 2 aliphatic heterocycles. The van der Waals surface area contributed by atoms with Crippen molar-refractivity contribution in [3.8, 4) is 0 Å². The average molecular weight is 433 g/mol. The van der Waals surface area contributed by atoms with Crippen molar-refractivity contribution in [2.75, 3.05) is 26.7 Å². The largest absolute Gasteiger partial charge is 0.465 e. The highest BCUT2D eigenvalue weighted by atomic mass is 19.1. The Morgan fingerprint density at radius 3 is 2.61 bits per heavy atom. The highest BCUT2D eigenvalue weighted by Gasteiger charge is 2.50. The number of likely N-dealkylation sites (tertiary alicyclic amines) is 1. The Balaban J connectivity index is 1.38. The standard InChI is InChI=1S/C24H33FN2O4/c1-23(2,3)31-22(29)27-8-5-7-24(15-27)12-18(13-24)26-9-6-16-10-17(21(28)30-4)11-20(25)19(16)14-26/h10-11,18H,5-9,12-15H2,1-4H3. The summed E-state index contributed by atoms with van der Waals surface area (Å²) in [6, 6.07) is 3.46. The Bertz CT molecular complexity index is 873. The van der Waals surface area contributed by atoms with Crippen LogP contribution < -0.4 is 0 Å². The zero-order chi connectivity index (χ0) is 22.4. The van der Waals surface area contributed by atoms with Gasteiger partial charge < -0.3 is 14.4 Å². The molecule has 1 saturated carbocycles. The van der Waals surface area contributed by atoms with Gasteiger partial charge in [0.1, 0.15) is 11.4 Å². The van der Waals surface area contributed by atoms with E-state index in [1.54, 1.807) is 6.07 Å². The molecule has 3 aliphatic rings. The minimum absolute atomic E-state index is 0.160. The van der Waals surface area contributed by atoms with Gasteiger partial charge in [0.25, 0.3) is 0 Å². The van der Waals surface area contributed by atoms with E-state index in [-0.39, 0.29) is 22.9 Å². The number of rotatable bonds is 2. The predicted molar refractivity (Wildman–Crippen MR) is 114 cm³/mol. The SMILES string of the molecule is COC(=O)c1cc(F)c2c(c1)CCN(C1CC3(CCCN(C(=O)OC(C)(C)C)C3)C1)C2. The number of benzene rings is 1. The zero-order valence-electron chi connectivity index (χ0n) is 19.0. The molecule has 0 N–H and O–H groups in total. The highest BCUT2D eigenvalue weighted by molar-refractivity contribution is 5.89. The smallest absolute Gasteiger partial charge is 0.410 e. The number of carbonyl (C=O) groups excluding carboxylic acids is 2. The molecule has 7 heteroatoms. The van der Waals surface area contributed by atoms with E-state index in [1.165, 1.54) is 13.2 Å². The summed E-state index contributed by atoms with van der Waals surface area (Å²) >= 11 is 0. The summed E-state index contributed by atoms with van der Waals surface area (Å²) in [5.41, 5.74) is 1.55. The van der Waals surface area contributed by atoms with Crippen molar-refractivity contribution in [3.63, 3.8) is 0 Å². The molecule has 0 unspecified atom stereocenters. The van der Waals surface area contributed by atoms with E-state index in [1.807, 2.05) is 25.7 Å². The minimum atomic E-state index is -0.503. The van der Waals surface area contributed by atoms with E-state index < -0.39 is 11.6 Å². The summed E-state index contributed by atoms with van der Waals surface area (Å²) in [4.78, 5) is 28.5. The van der Waals surface area contributed by atoms with Crippen LogP contribution in [0.1, 0.15) is 67.9 Å². The van der Waals surface area contributed by atoms with Gasteiger partial charge in [-0.3, -0.25) is 4.90 Å². The van der Waals surface area contributed by atoms with Crippen LogP contribution in [0.15, 0.2) is 12.1 Å². The fourth-order valence-corrected chi connectivity index (χ4v) is 5.41. The summed E-state index contributed by atoms with van der Waals surface area (Å²) in [6.45, 7) is 8.61. The number of methoxy groups -OCH3 is 1. The fourth-order valence-electron chi connectivity index (χ4n) is 5.41. The van der Waals surface area contributed by atoms with E-state index in [0.717, 1.165) is 57.3 Å². The van der Waals surface area contributed by atoms with Crippen molar-refractivity contribution in [1.29, 1.82) is 0 Å². The molecule has 0 atom stereocenters. The van der Waals surface area contributed by atoms with Gasteiger partial charge in [0.05, 0.1) is 12.7 Å². The lowest BCUT2D eigenvalue weighted by Gasteiger charge is -2.56. The Morgan fingerprint density at radius 2 is 1.94 bits per heavy atom. The van der Waals surface area contributed by atoms with Crippen molar-refractivity contribution in [1.82, 2.24) is 9.80 Å². The topological polar surface area (TPSA) is 59.1 Å². The summed E-state index contributed by atoms with van der Waals surface area (Å²) in [5.74, 6) is -0.831. The number of esters is 1. The van der Waals surface area contributed by atoms with Crippen LogP contribution >= 0.6 is 0 Å². The van der Waals surface area contributed by atoms with Crippen molar-refractivity contribution in [2.45, 2.75) is 71.1 Å². The van der Waals surface area contributed by atoms with Gasteiger partial charge in [-0.1, -0.05) is 0 Å². The molecular formula is C24H33FN2O4. The molecule has 1 amide bonds. The van der Waals surface area contributed by atoms with Gasteiger partial charge in [-0.05, 0) is 76.0 Å². The van der Waals surface area contributed by atoms with Crippen molar-refractivity contribution in [3.05, 3.63) is 34.6 Å². The highest BCUT2D eigenvalue weighted by Crippen LogP contribution is 2.50. The third-order valence-electron chi connectivity index (χ3n) is 6.91. The molecule has 4 rings (SSSR count). The number of fused-ring (bicyclic) bond motifs is 1. The number of carbonyl (C=O) groups is 2. The Kier molecular flexibility index (Phi) is 5.75. The molecule has 170 valence electrons. The molecule has 6 nitrogen and oxygen atoms in total. The number of halogens is 1. The summed E-state index contributed by atoms with van der Waals surface area (Å²) < 4.78 is 25.0. The first kappa shape index (κ1) is 22.1. The Morgan fingerprint density at radius 1 is 1.19 bits per heavy atom. The molecule has 1 spiro atoms. The van der Waals surface area contributed by atoms with Crippen LogP contribution in [0.25, 0.3) is 0 Å². The summed E-state index contributed by atoms with van der Waals surface area (Å²) in [7, 11) is 1.31. The molecule has 1 aromatic carbocycles. The third kappa shape index (κ3) is 4.56. The van der Waals surface area contributed by atoms with Crippen molar-refractivity contribution in [2.24, 2.45) is 5.41 Å². The first-order chi connectivity index (χ1) is 14.6. The minimum Gasteiger partial charge on any atom is -0.465 e. The van der Waals surface area contributed by atoms with Gasteiger partial charge >= 0.3 is 12.1 Å². The number of ether oxygens (including phenoxy) is 2. The van der Waals surface area contributed by atoms with Crippen LogP contribution in [0, 0.1) is 11.2 Å². The van der Waals surface area contributed by atoms with Gasteiger partial charge in [0, 0.05) is 37.8 Å². The molecule has 2 heterocycles. The maximum absolute atomic E-state index is 14.7. The van der Waals surface area contributed by atoms with Gasteiger partial charge in [0.2, 0.25) is 0 Å². The number of hydrogen-bond donors (Lipinski definition) is 0. The number of amides is 1. The number of nitrogens with zero attached hydrogens (tertiary/aromatic N) is 2. The molecule has 1 aromatic rings. The van der Waals surface area contributed by atoms with Crippen molar-refractivity contribution >= 4 is 12.1 Å². The Labute approximate surface area is 183 Å². The summed E-state index contributed by atoms with van der Waals surface area (Å²) in [5, 5.41) is 0. The van der Waals surface area contributed by atoms with E-state index in [0.29, 0.717) is 18.2 Å². The average Bonchev–Trinajstić information content (AvgIpc) is 2.70. The first-order valence-electron chi connectivity index (χ1n) is 11.2. The molecular weight excluding hydrogens is 399 g/mol. The van der Waals surface area contributed by atoms with Gasteiger partial charge in [0.15, 0.2) is 0 Å². The first-order valence-corrected chi connectivity index (χ1v) is 11.2. The predicted octanol–water partition coefficient (Wildman–Crippen LogP) is 4.15. The monoisotopic (exact) mass is 432 g/mol. The molecule has 1 aliphatic carbocycles. The maximum atomic E-state index is 14.7. The third-order valence-corrected chi connectivity index (χ3v) is 6.91. The molecule has 0 radical (unpaired) electrons. The second-order valence-corrected chi connectivity index (χ2v) is 10.4. The second kappa shape index (κ2) is 8.08. The Hall–Kier alpha value is -2.15. The molecule has 0 bridgehead atoms. The molecule has 0 aromatic heterocycles. The summed E-state index contributed by atoms with van der Waals surface area (Å²) in [6.07, 6.45) is 4.70. The molecule has 1 saturated heterocycles. The van der Waals surface area contributed by atoms with Crippen LogP contribution in [0.4, 0.5) is 9.18 Å². The number of piperidine rings is 1. The van der Waals surface area contributed by atoms with Crippen LogP contribution in [0.5, 0.6) is 0 Å². The van der Waals surface area contributed by atoms with Gasteiger partial charge in [-0.25, -0.2) is 14.0 Å².